The van der Waals surface area contributed by atoms with E-state index in [1.54, 1.807) is 0 Å². The van der Waals surface area contributed by atoms with Crippen molar-refractivity contribution in [2.75, 3.05) is 0 Å². The maximum Gasteiger partial charge on any atom is 0.227 e. The summed E-state index contributed by atoms with van der Waals surface area (Å²) in [5.74, 6) is 2.43. The van der Waals surface area contributed by atoms with Crippen LogP contribution >= 0.6 is 0 Å². The van der Waals surface area contributed by atoms with Crippen molar-refractivity contribution in [3.8, 4) is 57.0 Å². The predicted molar refractivity (Wildman–Crippen MR) is 255 cm³/mol. The molecule has 7 heteroatoms. The van der Waals surface area contributed by atoms with Crippen molar-refractivity contribution in [2.45, 2.75) is 0 Å². The summed E-state index contributed by atoms with van der Waals surface area (Å²) in [6.45, 7) is 0. The maximum atomic E-state index is 6.73. The summed E-state index contributed by atoms with van der Waals surface area (Å²) in [5, 5.41) is 6.72. The molecule has 13 rings (SSSR count). The molecule has 0 aliphatic carbocycles. The molecule has 0 aliphatic heterocycles. The zero-order valence-electron chi connectivity index (χ0n) is 33.7. The standard InChI is InChI=1S/C56H34N6O/c1-4-17-35(18-5-1)53-58-54(36-19-6-2-7-20-36)60-55(59-53)45-34-39(33-38-23-10-11-24-40(38)45)61-47-28-14-12-25-41(47)43-31-32-44-42-26-13-15-29-48(42)62(51(44)50(43)61)49-30-16-27-46-52(49)63-56(57-46)37-21-8-3-9-22-37/h1-34H. The van der Waals surface area contributed by atoms with Crippen molar-refractivity contribution in [3.63, 3.8) is 0 Å². The molecule has 0 amide bonds. The van der Waals surface area contributed by atoms with E-state index >= 15 is 0 Å². The largest absolute Gasteiger partial charge is 0.434 e. The Morgan fingerprint density at radius 2 is 0.889 bits per heavy atom. The molecule has 0 atom stereocenters. The summed E-state index contributed by atoms with van der Waals surface area (Å²) in [6.07, 6.45) is 0. The van der Waals surface area contributed by atoms with Gasteiger partial charge in [-0.25, -0.2) is 19.9 Å². The van der Waals surface area contributed by atoms with Crippen molar-refractivity contribution >= 4 is 65.5 Å². The molecule has 0 aliphatic rings. The number of nitrogens with zero attached hydrogens (tertiary/aromatic N) is 6. The number of aromatic nitrogens is 6. The Bertz CT molecular complexity index is 3850. The third-order valence-corrected chi connectivity index (χ3v) is 12.2. The highest BCUT2D eigenvalue weighted by Gasteiger charge is 2.24. The average Bonchev–Trinajstić information content (AvgIpc) is 4.05. The van der Waals surface area contributed by atoms with Gasteiger partial charge in [0.25, 0.3) is 0 Å². The molecular formula is C56H34N6O. The second kappa shape index (κ2) is 13.9. The molecular weight excluding hydrogens is 773 g/mol. The fourth-order valence-corrected chi connectivity index (χ4v) is 9.37. The van der Waals surface area contributed by atoms with Crippen LogP contribution < -0.4 is 0 Å². The first-order valence-electron chi connectivity index (χ1n) is 21.1. The van der Waals surface area contributed by atoms with E-state index in [0.717, 1.165) is 99.1 Å². The van der Waals surface area contributed by atoms with Crippen molar-refractivity contribution < 1.29 is 4.42 Å². The molecule has 4 aromatic heterocycles. The predicted octanol–water partition coefficient (Wildman–Crippen LogP) is 14.0. The summed E-state index contributed by atoms with van der Waals surface area (Å²) < 4.78 is 11.5. The number of fused-ring (bicyclic) bond motifs is 9. The first-order chi connectivity index (χ1) is 31.2. The molecule has 0 unspecified atom stereocenters. The van der Waals surface area contributed by atoms with Crippen LogP contribution in [-0.2, 0) is 0 Å². The summed E-state index contributed by atoms with van der Waals surface area (Å²) in [5.41, 5.74) is 11.5. The lowest BCUT2D eigenvalue weighted by atomic mass is 10.0. The Labute approximate surface area is 360 Å². The Hall–Kier alpha value is -8.68. The minimum absolute atomic E-state index is 0.589. The number of hydrogen-bond acceptors (Lipinski definition) is 5. The SMILES string of the molecule is c1ccc(-c2nc(-c3ccccc3)nc(-c3cc(-n4c5ccccc5c5ccc6c7ccccc7n(-c7cccc8nc(-c9ccccc9)oc78)c6c54)cc4ccccc34)n2)cc1. The van der Waals surface area contributed by atoms with Crippen LogP contribution in [0, 0.1) is 0 Å². The quantitative estimate of drug-likeness (QED) is 0.167. The average molecular weight is 807 g/mol. The third kappa shape index (κ3) is 5.53. The minimum Gasteiger partial charge on any atom is -0.434 e. The first-order valence-corrected chi connectivity index (χ1v) is 21.1. The second-order valence-corrected chi connectivity index (χ2v) is 15.8. The lowest BCUT2D eigenvalue weighted by Gasteiger charge is -2.16. The van der Waals surface area contributed by atoms with E-state index in [0.29, 0.717) is 23.4 Å². The molecule has 0 fully saturated rings. The van der Waals surface area contributed by atoms with E-state index in [2.05, 4.69) is 118 Å². The first kappa shape index (κ1) is 35.1. The van der Waals surface area contributed by atoms with Gasteiger partial charge in [-0.05, 0) is 59.3 Å². The van der Waals surface area contributed by atoms with Gasteiger partial charge in [0.1, 0.15) is 5.52 Å². The van der Waals surface area contributed by atoms with Gasteiger partial charge >= 0.3 is 0 Å². The molecule has 0 bridgehead atoms. The highest BCUT2D eigenvalue weighted by Crippen LogP contribution is 2.44. The summed E-state index contributed by atoms with van der Waals surface area (Å²) >= 11 is 0. The molecule has 294 valence electrons. The smallest absolute Gasteiger partial charge is 0.227 e. The van der Waals surface area contributed by atoms with Gasteiger partial charge in [-0.2, -0.15) is 0 Å². The Morgan fingerprint density at radius 1 is 0.365 bits per heavy atom. The third-order valence-electron chi connectivity index (χ3n) is 12.2. The molecule has 0 spiro atoms. The molecule has 0 N–H and O–H groups in total. The van der Waals surface area contributed by atoms with Gasteiger partial charge in [-0.15, -0.1) is 0 Å². The van der Waals surface area contributed by atoms with Crippen molar-refractivity contribution in [2.24, 2.45) is 0 Å². The summed E-state index contributed by atoms with van der Waals surface area (Å²) in [4.78, 5) is 20.5. The van der Waals surface area contributed by atoms with Gasteiger partial charge in [0.2, 0.25) is 5.89 Å². The maximum absolute atomic E-state index is 6.73. The van der Waals surface area contributed by atoms with Crippen LogP contribution in [0.5, 0.6) is 0 Å². The van der Waals surface area contributed by atoms with E-state index in [-0.39, 0.29) is 0 Å². The van der Waals surface area contributed by atoms with Gasteiger partial charge in [-0.3, -0.25) is 0 Å². The summed E-state index contributed by atoms with van der Waals surface area (Å²) in [6, 6.07) is 71.6. The highest BCUT2D eigenvalue weighted by molar-refractivity contribution is 6.24. The lowest BCUT2D eigenvalue weighted by molar-refractivity contribution is 0.618. The van der Waals surface area contributed by atoms with Gasteiger partial charge in [-0.1, -0.05) is 158 Å². The van der Waals surface area contributed by atoms with Crippen LogP contribution in [0.15, 0.2) is 211 Å². The van der Waals surface area contributed by atoms with Crippen molar-refractivity contribution in [1.82, 2.24) is 29.1 Å². The van der Waals surface area contributed by atoms with Crippen LogP contribution in [0.25, 0.3) is 122 Å². The zero-order chi connectivity index (χ0) is 41.4. The second-order valence-electron chi connectivity index (χ2n) is 15.8. The van der Waals surface area contributed by atoms with Crippen LogP contribution in [0.4, 0.5) is 0 Å². The minimum atomic E-state index is 0.589. The molecule has 0 saturated heterocycles. The van der Waals surface area contributed by atoms with Crippen LogP contribution in [0.1, 0.15) is 0 Å². The Kier molecular flexibility index (Phi) is 7.77. The number of oxazole rings is 1. The molecule has 13 aromatic rings. The van der Waals surface area contributed by atoms with Crippen LogP contribution in [-0.4, -0.2) is 29.1 Å². The molecule has 9 aromatic carbocycles. The fourth-order valence-electron chi connectivity index (χ4n) is 9.37. The monoisotopic (exact) mass is 806 g/mol. The molecule has 7 nitrogen and oxygen atoms in total. The van der Waals surface area contributed by atoms with Crippen LogP contribution in [0.3, 0.4) is 0 Å². The topological polar surface area (TPSA) is 74.6 Å². The zero-order valence-corrected chi connectivity index (χ0v) is 33.7. The van der Waals surface area contributed by atoms with E-state index in [1.165, 1.54) is 0 Å². The van der Waals surface area contributed by atoms with Gasteiger partial charge in [0.05, 0.1) is 27.8 Å². The van der Waals surface area contributed by atoms with Crippen molar-refractivity contribution in [1.29, 1.82) is 0 Å². The molecule has 0 saturated carbocycles. The number of hydrogen-bond donors (Lipinski definition) is 0. The van der Waals surface area contributed by atoms with Gasteiger partial charge < -0.3 is 13.6 Å². The highest BCUT2D eigenvalue weighted by atomic mass is 16.3. The Balaban J connectivity index is 1.14. The lowest BCUT2D eigenvalue weighted by Crippen LogP contribution is -2.02. The van der Waals surface area contributed by atoms with Gasteiger partial charge in [0, 0.05) is 49.5 Å². The van der Waals surface area contributed by atoms with Gasteiger partial charge in [0.15, 0.2) is 23.1 Å². The van der Waals surface area contributed by atoms with E-state index in [9.17, 15) is 0 Å². The molecule has 63 heavy (non-hydrogen) atoms. The Morgan fingerprint density at radius 3 is 1.54 bits per heavy atom. The van der Waals surface area contributed by atoms with E-state index < -0.39 is 0 Å². The van der Waals surface area contributed by atoms with E-state index in [4.69, 9.17) is 24.4 Å². The summed E-state index contributed by atoms with van der Waals surface area (Å²) in [7, 11) is 0. The molecule has 4 heterocycles. The normalized spacial score (nSPS) is 11.8. The fraction of sp³-hybridized carbons (Fsp3) is 0. The molecule has 0 radical (unpaired) electrons. The number of para-hydroxylation sites is 3. The van der Waals surface area contributed by atoms with Crippen molar-refractivity contribution in [3.05, 3.63) is 206 Å². The van der Waals surface area contributed by atoms with E-state index in [1.807, 2.05) is 97.1 Å². The van der Waals surface area contributed by atoms with Crippen LogP contribution in [0.2, 0.25) is 0 Å². The number of rotatable bonds is 6. The number of benzene rings is 9.